The number of hydrogen-bond acceptors (Lipinski definition) is 3. The van der Waals surface area contributed by atoms with Gasteiger partial charge >= 0.3 is 0 Å². The number of carbonyl (C=O) groups excluding carboxylic acids is 1. The van der Waals surface area contributed by atoms with Gasteiger partial charge in [-0.15, -0.1) is 0 Å². The topological polar surface area (TPSA) is 58.6 Å². The van der Waals surface area contributed by atoms with Crippen molar-refractivity contribution in [3.8, 4) is 5.75 Å². The number of ether oxygens (including phenoxy) is 1. The molecule has 104 valence electrons. The fourth-order valence-corrected chi connectivity index (χ4v) is 2.05. The van der Waals surface area contributed by atoms with Crippen LogP contribution < -0.4 is 10.1 Å². The molecule has 1 aromatic rings. The van der Waals surface area contributed by atoms with Gasteiger partial charge in [0.05, 0.1) is 6.10 Å². The predicted octanol–water partition coefficient (Wildman–Crippen LogP) is 1.93. The van der Waals surface area contributed by atoms with E-state index in [0.29, 0.717) is 18.5 Å². The SMILES string of the molecule is CC(O)c1ccc(OC2CCCCNC2=O)c(F)c1. The van der Waals surface area contributed by atoms with Crippen LogP contribution in [-0.4, -0.2) is 23.7 Å². The molecule has 1 aromatic carbocycles. The highest BCUT2D eigenvalue weighted by molar-refractivity contribution is 5.81. The van der Waals surface area contributed by atoms with E-state index in [1.54, 1.807) is 13.0 Å². The molecule has 1 heterocycles. The molecule has 1 aliphatic rings. The van der Waals surface area contributed by atoms with Gasteiger partial charge in [0.1, 0.15) is 0 Å². The molecule has 2 atom stereocenters. The molecule has 0 bridgehead atoms. The molecule has 4 nitrogen and oxygen atoms in total. The van der Waals surface area contributed by atoms with Crippen LogP contribution >= 0.6 is 0 Å². The molecule has 1 fully saturated rings. The Labute approximate surface area is 111 Å². The molecule has 0 aliphatic carbocycles. The molecule has 5 heteroatoms. The molecule has 0 radical (unpaired) electrons. The average molecular weight is 267 g/mol. The van der Waals surface area contributed by atoms with Crippen molar-refractivity contribution in [2.75, 3.05) is 6.54 Å². The second-order valence-corrected chi connectivity index (χ2v) is 4.76. The highest BCUT2D eigenvalue weighted by Gasteiger charge is 2.23. The van der Waals surface area contributed by atoms with Gasteiger partial charge in [0.25, 0.3) is 5.91 Å². The second-order valence-electron chi connectivity index (χ2n) is 4.76. The number of amides is 1. The third-order valence-corrected chi connectivity index (χ3v) is 3.19. The van der Waals surface area contributed by atoms with Gasteiger partial charge in [-0.05, 0) is 43.9 Å². The van der Waals surface area contributed by atoms with Crippen molar-refractivity contribution in [1.82, 2.24) is 5.32 Å². The van der Waals surface area contributed by atoms with Crippen molar-refractivity contribution < 1.29 is 19.0 Å². The first-order valence-electron chi connectivity index (χ1n) is 6.50. The van der Waals surface area contributed by atoms with Crippen LogP contribution in [0.5, 0.6) is 5.75 Å². The Kier molecular flexibility index (Phi) is 4.37. The van der Waals surface area contributed by atoms with E-state index in [0.717, 1.165) is 12.8 Å². The lowest BCUT2D eigenvalue weighted by Crippen LogP contribution is -2.36. The van der Waals surface area contributed by atoms with Gasteiger partial charge in [0.15, 0.2) is 17.7 Å². The van der Waals surface area contributed by atoms with E-state index in [1.807, 2.05) is 0 Å². The Bertz CT molecular complexity index is 462. The van der Waals surface area contributed by atoms with E-state index in [4.69, 9.17) is 4.74 Å². The van der Waals surface area contributed by atoms with E-state index in [9.17, 15) is 14.3 Å². The van der Waals surface area contributed by atoms with Gasteiger partial charge in [-0.25, -0.2) is 4.39 Å². The fraction of sp³-hybridized carbons (Fsp3) is 0.500. The Morgan fingerprint density at radius 3 is 2.95 bits per heavy atom. The Balaban J connectivity index is 2.11. The Hall–Kier alpha value is -1.62. The molecule has 1 saturated heterocycles. The van der Waals surface area contributed by atoms with Crippen LogP contribution in [0.2, 0.25) is 0 Å². The highest BCUT2D eigenvalue weighted by Crippen LogP contribution is 2.24. The lowest BCUT2D eigenvalue weighted by Gasteiger charge is -2.17. The summed E-state index contributed by atoms with van der Waals surface area (Å²) >= 11 is 0. The van der Waals surface area contributed by atoms with E-state index in [-0.39, 0.29) is 11.7 Å². The second kappa shape index (κ2) is 6.02. The summed E-state index contributed by atoms with van der Waals surface area (Å²) < 4.78 is 19.3. The summed E-state index contributed by atoms with van der Waals surface area (Å²) in [6.07, 6.45) is 0.994. The average Bonchev–Trinajstić information content (AvgIpc) is 2.57. The molecule has 19 heavy (non-hydrogen) atoms. The standard InChI is InChI=1S/C14H18FNO3/c1-9(17)10-5-6-12(11(15)8-10)19-13-4-2-3-7-16-14(13)18/h5-6,8-9,13,17H,2-4,7H2,1H3,(H,16,18). The summed E-state index contributed by atoms with van der Waals surface area (Å²) in [4.78, 5) is 11.7. The van der Waals surface area contributed by atoms with Gasteiger partial charge in [-0.2, -0.15) is 0 Å². The van der Waals surface area contributed by atoms with Crippen LogP contribution in [0.3, 0.4) is 0 Å². The normalized spacial score (nSPS) is 21.4. The third kappa shape index (κ3) is 3.44. The monoisotopic (exact) mass is 267 g/mol. The zero-order valence-corrected chi connectivity index (χ0v) is 10.9. The maximum atomic E-state index is 13.8. The predicted molar refractivity (Wildman–Crippen MR) is 68.3 cm³/mol. The van der Waals surface area contributed by atoms with Crippen molar-refractivity contribution in [3.63, 3.8) is 0 Å². The van der Waals surface area contributed by atoms with Crippen molar-refractivity contribution in [2.24, 2.45) is 0 Å². The number of halogens is 1. The number of nitrogens with one attached hydrogen (secondary N) is 1. The van der Waals surface area contributed by atoms with Crippen molar-refractivity contribution >= 4 is 5.91 Å². The lowest BCUT2D eigenvalue weighted by atomic mass is 10.1. The maximum absolute atomic E-state index is 13.8. The molecule has 1 aliphatic heterocycles. The number of benzene rings is 1. The molecular formula is C14H18FNO3. The van der Waals surface area contributed by atoms with Gasteiger partial charge < -0.3 is 15.2 Å². The van der Waals surface area contributed by atoms with Crippen molar-refractivity contribution in [2.45, 2.75) is 38.4 Å². The summed E-state index contributed by atoms with van der Waals surface area (Å²) in [7, 11) is 0. The minimum absolute atomic E-state index is 0.0476. The van der Waals surface area contributed by atoms with E-state index < -0.39 is 18.0 Å². The minimum Gasteiger partial charge on any atom is -0.478 e. The first-order chi connectivity index (χ1) is 9.08. The number of rotatable bonds is 3. The maximum Gasteiger partial charge on any atom is 0.261 e. The molecule has 0 saturated carbocycles. The number of hydrogen-bond donors (Lipinski definition) is 2. The summed E-state index contributed by atoms with van der Waals surface area (Å²) in [6.45, 7) is 2.20. The van der Waals surface area contributed by atoms with Crippen LogP contribution in [-0.2, 0) is 4.79 Å². The Morgan fingerprint density at radius 1 is 1.47 bits per heavy atom. The van der Waals surface area contributed by atoms with Crippen LogP contribution in [0.4, 0.5) is 4.39 Å². The van der Waals surface area contributed by atoms with Gasteiger partial charge in [0.2, 0.25) is 0 Å². The van der Waals surface area contributed by atoms with Gasteiger partial charge in [-0.3, -0.25) is 4.79 Å². The summed E-state index contributed by atoms with van der Waals surface area (Å²) in [5.74, 6) is -0.710. The van der Waals surface area contributed by atoms with Gasteiger partial charge in [-0.1, -0.05) is 6.07 Å². The molecule has 2 rings (SSSR count). The van der Waals surface area contributed by atoms with Crippen LogP contribution in [0, 0.1) is 5.82 Å². The van der Waals surface area contributed by atoms with Crippen molar-refractivity contribution in [3.05, 3.63) is 29.6 Å². The van der Waals surface area contributed by atoms with Crippen molar-refractivity contribution in [1.29, 1.82) is 0 Å². The zero-order chi connectivity index (χ0) is 13.8. The van der Waals surface area contributed by atoms with E-state index in [2.05, 4.69) is 5.32 Å². The third-order valence-electron chi connectivity index (χ3n) is 3.19. The number of aliphatic hydroxyl groups excluding tert-OH is 1. The summed E-state index contributed by atoms with van der Waals surface area (Å²) in [5.41, 5.74) is 0.482. The highest BCUT2D eigenvalue weighted by atomic mass is 19.1. The molecule has 0 spiro atoms. The molecule has 1 amide bonds. The number of carbonyl (C=O) groups is 1. The van der Waals surface area contributed by atoms with E-state index in [1.165, 1.54) is 12.1 Å². The number of aliphatic hydroxyl groups is 1. The molecule has 2 N–H and O–H groups in total. The van der Waals surface area contributed by atoms with Gasteiger partial charge in [0, 0.05) is 6.54 Å². The lowest BCUT2D eigenvalue weighted by molar-refractivity contribution is -0.127. The minimum atomic E-state index is -0.732. The first kappa shape index (κ1) is 13.8. The van der Waals surface area contributed by atoms with E-state index >= 15 is 0 Å². The molecule has 0 aromatic heterocycles. The summed E-state index contributed by atoms with van der Waals surface area (Å²) in [5, 5.41) is 12.1. The summed E-state index contributed by atoms with van der Waals surface area (Å²) in [6, 6.07) is 4.28. The smallest absolute Gasteiger partial charge is 0.261 e. The first-order valence-corrected chi connectivity index (χ1v) is 6.50. The molecular weight excluding hydrogens is 249 g/mol. The van der Waals surface area contributed by atoms with Crippen LogP contribution in [0.1, 0.15) is 37.9 Å². The largest absolute Gasteiger partial charge is 0.478 e. The quantitative estimate of drug-likeness (QED) is 0.879. The van der Waals surface area contributed by atoms with Crippen LogP contribution in [0.25, 0.3) is 0 Å². The zero-order valence-electron chi connectivity index (χ0n) is 10.9. The molecule has 2 unspecified atom stereocenters. The van der Waals surface area contributed by atoms with Crippen LogP contribution in [0.15, 0.2) is 18.2 Å². The fourth-order valence-electron chi connectivity index (χ4n) is 2.05. The Morgan fingerprint density at radius 2 is 2.26 bits per heavy atom.